The Morgan fingerprint density at radius 2 is 1.60 bits per heavy atom. The monoisotopic (exact) mass is 331 g/mol. The lowest BCUT2D eigenvalue weighted by molar-refractivity contribution is -0.117. The molecule has 0 saturated carbocycles. The van der Waals surface area contributed by atoms with E-state index < -0.39 is 0 Å². The van der Waals surface area contributed by atoms with E-state index in [-0.39, 0.29) is 5.78 Å². The van der Waals surface area contributed by atoms with Gasteiger partial charge in [-0.1, -0.05) is 48.0 Å². The minimum absolute atomic E-state index is 0.182. The molecule has 3 heteroatoms. The molecule has 25 heavy (non-hydrogen) atoms. The molecule has 0 fully saturated rings. The second-order valence-corrected chi connectivity index (χ2v) is 6.26. The first-order valence-electron chi connectivity index (χ1n) is 8.36. The summed E-state index contributed by atoms with van der Waals surface area (Å²) in [6, 6.07) is 19.6. The molecule has 0 amide bonds. The summed E-state index contributed by atoms with van der Waals surface area (Å²) in [6.07, 6.45) is 2.55. The molecular formula is C22H21NO2. The minimum atomic E-state index is 0.182. The molecule has 1 heterocycles. The quantitative estimate of drug-likeness (QED) is 0.648. The van der Waals surface area contributed by atoms with Gasteiger partial charge in [0, 0.05) is 24.6 Å². The zero-order valence-corrected chi connectivity index (χ0v) is 14.5. The van der Waals surface area contributed by atoms with Crippen molar-refractivity contribution in [3.63, 3.8) is 0 Å². The minimum Gasteiger partial charge on any atom is -0.439 e. The zero-order valence-electron chi connectivity index (χ0n) is 14.5. The molecule has 0 radical (unpaired) electrons. The highest BCUT2D eigenvalue weighted by Gasteiger charge is 2.09. The van der Waals surface area contributed by atoms with Crippen molar-refractivity contribution in [2.24, 2.45) is 0 Å². The highest BCUT2D eigenvalue weighted by molar-refractivity contribution is 5.83. The van der Waals surface area contributed by atoms with Gasteiger partial charge in [-0.15, -0.1) is 0 Å². The Morgan fingerprint density at radius 1 is 0.920 bits per heavy atom. The van der Waals surface area contributed by atoms with Crippen molar-refractivity contribution in [3.05, 3.63) is 89.1 Å². The fourth-order valence-electron chi connectivity index (χ4n) is 2.65. The lowest BCUT2D eigenvalue weighted by Gasteiger charge is -2.09. The first-order valence-corrected chi connectivity index (χ1v) is 8.36. The number of benzene rings is 2. The van der Waals surface area contributed by atoms with Crippen LogP contribution < -0.4 is 4.74 Å². The third-order valence-electron chi connectivity index (χ3n) is 3.97. The van der Waals surface area contributed by atoms with Gasteiger partial charge in [-0.2, -0.15) is 0 Å². The number of Topliss-reactive ketones (excluding diaryl/α,β-unsaturated/α-hetero) is 1. The van der Waals surface area contributed by atoms with Crippen LogP contribution in [0.1, 0.15) is 22.3 Å². The smallest absolute Gasteiger partial charge is 0.222 e. The van der Waals surface area contributed by atoms with Gasteiger partial charge in [0.25, 0.3) is 0 Å². The molecule has 0 bridgehead atoms. The van der Waals surface area contributed by atoms with E-state index in [0.717, 1.165) is 22.4 Å². The number of pyridine rings is 1. The molecule has 0 aliphatic rings. The second kappa shape index (κ2) is 7.75. The normalized spacial score (nSPS) is 10.5. The Hall–Kier alpha value is -2.94. The average molecular weight is 331 g/mol. The van der Waals surface area contributed by atoms with Gasteiger partial charge in [-0.3, -0.25) is 4.79 Å². The van der Waals surface area contributed by atoms with Crippen LogP contribution in [0.25, 0.3) is 0 Å². The van der Waals surface area contributed by atoms with Crippen molar-refractivity contribution in [3.8, 4) is 11.6 Å². The largest absolute Gasteiger partial charge is 0.439 e. The van der Waals surface area contributed by atoms with Gasteiger partial charge in [0.2, 0.25) is 5.88 Å². The average Bonchev–Trinajstić information content (AvgIpc) is 2.60. The molecule has 3 rings (SSSR count). The fourth-order valence-corrected chi connectivity index (χ4v) is 2.65. The van der Waals surface area contributed by atoms with Crippen LogP contribution in [0.5, 0.6) is 11.6 Å². The van der Waals surface area contributed by atoms with E-state index in [2.05, 4.69) is 4.98 Å². The molecule has 0 aliphatic carbocycles. The van der Waals surface area contributed by atoms with Crippen molar-refractivity contribution < 1.29 is 9.53 Å². The van der Waals surface area contributed by atoms with Crippen molar-refractivity contribution in [2.75, 3.05) is 0 Å². The summed E-state index contributed by atoms with van der Waals surface area (Å²) < 4.78 is 5.78. The van der Waals surface area contributed by atoms with Crippen LogP contribution in [-0.4, -0.2) is 10.8 Å². The highest BCUT2D eigenvalue weighted by atomic mass is 16.5. The Labute approximate surface area is 148 Å². The van der Waals surface area contributed by atoms with E-state index in [1.807, 2.05) is 74.5 Å². The maximum atomic E-state index is 12.3. The van der Waals surface area contributed by atoms with Gasteiger partial charge in [-0.05, 0) is 43.2 Å². The van der Waals surface area contributed by atoms with Gasteiger partial charge in [0.15, 0.2) is 0 Å². The first-order chi connectivity index (χ1) is 12.1. The molecule has 3 aromatic rings. The molecule has 0 saturated heterocycles. The molecule has 1 aromatic heterocycles. The third-order valence-corrected chi connectivity index (χ3v) is 3.97. The van der Waals surface area contributed by atoms with Crippen molar-refractivity contribution in [2.45, 2.75) is 26.7 Å². The molecule has 3 nitrogen and oxygen atoms in total. The number of aromatic nitrogens is 1. The Bertz CT molecular complexity index is 855. The Kier molecular flexibility index (Phi) is 5.24. The lowest BCUT2D eigenvalue weighted by Crippen LogP contribution is -2.07. The molecular weight excluding hydrogens is 310 g/mol. The number of ether oxygens (including phenoxy) is 1. The van der Waals surface area contributed by atoms with E-state index in [1.165, 1.54) is 5.56 Å². The molecule has 0 N–H and O–H groups in total. The molecule has 0 atom stereocenters. The summed E-state index contributed by atoms with van der Waals surface area (Å²) in [5.41, 5.74) is 4.08. The van der Waals surface area contributed by atoms with Gasteiger partial charge >= 0.3 is 0 Å². The van der Waals surface area contributed by atoms with Crippen LogP contribution in [0.2, 0.25) is 0 Å². The fraction of sp³-hybridized carbons (Fsp3) is 0.182. The number of hydrogen-bond donors (Lipinski definition) is 0. The number of rotatable bonds is 6. The SMILES string of the molecule is Cc1ccc(CC(=O)Cc2cnc(Oc3ccccc3)c(C)c2)cc1. The second-order valence-electron chi connectivity index (χ2n) is 6.26. The topological polar surface area (TPSA) is 39.2 Å². The summed E-state index contributed by atoms with van der Waals surface area (Å²) >= 11 is 0. The molecule has 0 spiro atoms. The van der Waals surface area contributed by atoms with Crippen LogP contribution in [0, 0.1) is 13.8 Å². The zero-order chi connectivity index (χ0) is 17.6. The summed E-state index contributed by atoms with van der Waals surface area (Å²) in [6.45, 7) is 3.98. The van der Waals surface area contributed by atoms with Crippen LogP contribution in [0.3, 0.4) is 0 Å². The van der Waals surface area contributed by atoms with Crippen LogP contribution >= 0.6 is 0 Å². The van der Waals surface area contributed by atoms with Gasteiger partial charge < -0.3 is 4.74 Å². The van der Waals surface area contributed by atoms with E-state index >= 15 is 0 Å². The molecule has 2 aromatic carbocycles. The first kappa shape index (κ1) is 16.9. The van der Waals surface area contributed by atoms with Crippen molar-refractivity contribution in [1.29, 1.82) is 0 Å². The van der Waals surface area contributed by atoms with Crippen molar-refractivity contribution >= 4 is 5.78 Å². The van der Waals surface area contributed by atoms with Crippen LogP contribution in [0.15, 0.2) is 66.9 Å². The molecule has 126 valence electrons. The summed E-state index contributed by atoms with van der Waals surface area (Å²) in [5, 5.41) is 0. The van der Waals surface area contributed by atoms with Gasteiger partial charge in [-0.25, -0.2) is 4.98 Å². The maximum Gasteiger partial charge on any atom is 0.222 e. The van der Waals surface area contributed by atoms with Gasteiger partial charge in [0.05, 0.1) is 0 Å². The molecule has 0 aliphatic heterocycles. The van der Waals surface area contributed by atoms with Crippen LogP contribution in [0.4, 0.5) is 0 Å². The van der Waals surface area contributed by atoms with Gasteiger partial charge in [0.1, 0.15) is 11.5 Å². The maximum absolute atomic E-state index is 12.3. The summed E-state index contributed by atoms with van der Waals surface area (Å²) in [4.78, 5) is 16.7. The van der Waals surface area contributed by atoms with Crippen molar-refractivity contribution in [1.82, 2.24) is 4.98 Å². The number of ketones is 1. The molecule has 0 unspecified atom stereocenters. The predicted molar refractivity (Wildman–Crippen MR) is 99.1 cm³/mol. The van der Waals surface area contributed by atoms with E-state index in [4.69, 9.17) is 4.74 Å². The number of carbonyl (C=O) groups excluding carboxylic acids is 1. The van der Waals surface area contributed by atoms with E-state index in [9.17, 15) is 4.79 Å². The lowest BCUT2D eigenvalue weighted by atomic mass is 10.0. The Morgan fingerprint density at radius 3 is 2.28 bits per heavy atom. The number of hydrogen-bond acceptors (Lipinski definition) is 3. The predicted octanol–water partition coefficient (Wildman–Crippen LogP) is 4.85. The summed E-state index contributed by atoms with van der Waals surface area (Å²) in [5.74, 6) is 1.50. The number of nitrogens with zero attached hydrogens (tertiary/aromatic N) is 1. The summed E-state index contributed by atoms with van der Waals surface area (Å²) in [7, 11) is 0. The Balaban J connectivity index is 1.64. The van der Waals surface area contributed by atoms with Crippen LogP contribution in [-0.2, 0) is 17.6 Å². The third kappa shape index (κ3) is 4.77. The highest BCUT2D eigenvalue weighted by Crippen LogP contribution is 2.23. The number of para-hydroxylation sites is 1. The number of carbonyl (C=O) groups is 1. The van der Waals surface area contributed by atoms with E-state index in [1.54, 1.807) is 6.20 Å². The van der Waals surface area contributed by atoms with E-state index in [0.29, 0.717) is 18.7 Å². The number of aryl methyl sites for hydroxylation is 2. The standard InChI is InChI=1S/C22H21NO2/c1-16-8-10-18(11-9-16)13-20(24)14-19-12-17(2)22(23-15-19)25-21-6-4-3-5-7-21/h3-12,15H,13-14H2,1-2H3.